The van der Waals surface area contributed by atoms with E-state index in [1.165, 1.54) is 17.9 Å². The highest BCUT2D eigenvalue weighted by atomic mass is 19.4. The van der Waals surface area contributed by atoms with E-state index in [9.17, 15) is 18.0 Å². The second-order valence-corrected chi connectivity index (χ2v) is 6.47. The van der Waals surface area contributed by atoms with E-state index in [-0.39, 0.29) is 17.9 Å². The number of hydrogen-bond acceptors (Lipinski definition) is 6. The van der Waals surface area contributed by atoms with Crippen LogP contribution in [0.4, 0.5) is 13.2 Å². The number of carbonyl (C=O) groups excluding carboxylic acids is 1. The molecule has 12 heteroatoms. The lowest BCUT2D eigenvalue weighted by Crippen LogP contribution is -2.29. The number of pyridine rings is 1. The standard InChI is InChI=1S/C17H16F3N7O2/c1-26-14(23-16(25-26)29-2)15(28)22-10-4-6-27-12(10)8-11(24-27)9-3-5-21-13(7-9)17(18,19)20/h3,5,7-8,10H,4,6H2,1-2H3,(H,22,28)/t10-/m0/s1. The Hall–Kier alpha value is -3.44. The molecule has 1 aliphatic heterocycles. The Morgan fingerprint density at radius 2 is 2.10 bits per heavy atom. The molecule has 4 heterocycles. The molecule has 1 atom stereocenters. The molecule has 0 fully saturated rings. The number of halogens is 3. The van der Waals surface area contributed by atoms with E-state index in [1.54, 1.807) is 17.8 Å². The SMILES string of the molecule is COc1nc(C(=O)N[C@H]2CCn3nc(-c4ccnc(C(F)(F)F)c4)cc32)n(C)n1. The first-order chi connectivity index (χ1) is 13.8. The Bertz CT molecular complexity index is 1070. The first kappa shape index (κ1) is 18.9. The molecule has 4 rings (SSSR count). The van der Waals surface area contributed by atoms with E-state index in [0.29, 0.717) is 29.9 Å². The van der Waals surface area contributed by atoms with Gasteiger partial charge in [-0.15, -0.1) is 5.10 Å². The molecule has 0 unspecified atom stereocenters. The molecular weight excluding hydrogens is 391 g/mol. The van der Waals surface area contributed by atoms with Gasteiger partial charge in [0.25, 0.3) is 5.91 Å². The highest BCUT2D eigenvalue weighted by Crippen LogP contribution is 2.33. The number of methoxy groups -OCH3 is 1. The second-order valence-electron chi connectivity index (χ2n) is 6.47. The first-order valence-corrected chi connectivity index (χ1v) is 8.63. The number of aromatic nitrogens is 6. The Balaban J connectivity index is 1.56. The Kier molecular flexibility index (Phi) is 4.47. The van der Waals surface area contributed by atoms with Crippen LogP contribution in [0.1, 0.15) is 34.5 Å². The number of ether oxygens (including phenoxy) is 1. The van der Waals surface area contributed by atoms with E-state index in [4.69, 9.17) is 4.74 Å². The molecule has 29 heavy (non-hydrogen) atoms. The molecule has 3 aromatic heterocycles. The van der Waals surface area contributed by atoms with Gasteiger partial charge in [-0.05, 0) is 24.6 Å². The third-order valence-corrected chi connectivity index (χ3v) is 4.58. The summed E-state index contributed by atoms with van der Waals surface area (Å²) in [4.78, 5) is 19.9. The third kappa shape index (κ3) is 3.52. The van der Waals surface area contributed by atoms with Gasteiger partial charge in [-0.25, -0.2) is 4.68 Å². The zero-order valence-corrected chi connectivity index (χ0v) is 15.4. The molecule has 0 saturated heterocycles. The number of nitrogens with one attached hydrogen (secondary N) is 1. The number of carbonyl (C=O) groups is 1. The van der Waals surface area contributed by atoms with Crippen LogP contribution in [-0.2, 0) is 19.8 Å². The fourth-order valence-corrected chi connectivity index (χ4v) is 3.19. The molecule has 0 saturated carbocycles. The van der Waals surface area contributed by atoms with Crippen LogP contribution >= 0.6 is 0 Å². The molecule has 152 valence electrons. The molecule has 0 aliphatic carbocycles. The number of rotatable bonds is 4. The van der Waals surface area contributed by atoms with Crippen molar-refractivity contribution in [2.45, 2.75) is 25.2 Å². The first-order valence-electron chi connectivity index (χ1n) is 8.63. The second kappa shape index (κ2) is 6.87. The normalized spacial score (nSPS) is 16.0. The van der Waals surface area contributed by atoms with Crippen LogP contribution in [0.15, 0.2) is 24.4 Å². The minimum Gasteiger partial charge on any atom is -0.466 e. The van der Waals surface area contributed by atoms with E-state index in [2.05, 4.69) is 25.5 Å². The minimum atomic E-state index is -4.54. The highest BCUT2D eigenvalue weighted by molar-refractivity contribution is 5.91. The van der Waals surface area contributed by atoms with Gasteiger partial charge in [-0.1, -0.05) is 0 Å². The van der Waals surface area contributed by atoms with Crippen LogP contribution in [0.3, 0.4) is 0 Å². The van der Waals surface area contributed by atoms with Gasteiger partial charge in [0.1, 0.15) is 5.69 Å². The lowest BCUT2D eigenvalue weighted by atomic mass is 10.1. The summed E-state index contributed by atoms with van der Waals surface area (Å²) in [6.45, 7) is 0.527. The molecule has 3 aromatic rings. The van der Waals surface area contributed by atoms with Gasteiger partial charge in [0.2, 0.25) is 5.82 Å². The quantitative estimate of drug-likeness (QED) is 0.710. The summed E-state index contributed by atoms with van der Waals surface area (Å²) in [5.74, 6) is -0.350. The lowest BCUT2D eigenvalue weighted by molar-refractivity contribution is -0.141. The number of hydrogen-bond donors (Lipinski definition) is 1. The average molecular weight is 407 g/mol. The van der Waals surface area contributed by atoms with Crippen molar-refractivity contribution in [3.8, 4) is 17.3 Å². The number of amides is 1. The summed E-state index contributed by atoms with van der Waals surface area (Å²) in [6, 6.07) is 3.82. The van der Waals surface area contributed by atoms with Gasteiger partial charge in [0.15, 0.2) is 0 Å². The lowest BCUT2D eigenvalue weighted by Gasteiger charge is -2.11. The molecule has 0 aromatic carbocycles. The molecule has 0 spiro atoms. The van der Waals surface area contributed by atoms with Crippen LogP contribution in [-0.4, -0.2) is 42.5 Å². The van der Waals surface area contributed by atoms with E-state index in [1.807, 2.05) is 0 Å². The predicted octanol–water partition coefficient (Wildman–Crippen LogP) is 1.98. The highest BCUT2D eigenvalue weighted by Gasteiger charge is 2.33. The maximum absolute atomic E-state index is 12.9. The molecule has 0 bridgehead atoms. The molecule has 0 radical (unpaired) electrons. The summed E-state index contributed by atoms with van der Waals surface area (Å²) >= 11 is 0. The summed E-state index contributed by atoms with van der Waals surface area (Å²) in [5.41, 5.74) is 0.404. The summed E-state index contributed by atoms with van der Waals surface area (Å²) < 4.78 is 46.6. The average Bonchev–Trinajstić information content (AvgIpc) is 3.36. The van der Waals surface area contributed by atoms with Crippen molar-refractivity contribution in [2.24, 2.45) is 7.05 Å². The van der Waals surface area contributed by atoms with Crippen molar-refractivity contribution in [3.63, 3.8) is 0 Å². The van der Waals surface area contributed by atoms with Gasteiger partial charge in [0.05, 0.1) is 24.5 Å². The summed E-state index contributed by atoms with van der Waals surface area (Å²) in [6.07, 6.45) is -2.83. The van der Waals surface area contributed by atoms with Crippen molar-refractivity contribution in [1.29, 1.82) is 0 Å². The van der Waals surface area contributed by atoms with Crippen molar-refractivity contribution >= 4 is 5.91 Å². The van der Waals surface area contributed by atoms with Gasteiger partial charge in [-0.3, -0.25) is 14.5 Å². The Labute approximate surface area is 162 Å². The maximum Gasteiger partial charge on any atom is 0.433 e. The van der Waals surface area contributed by atoms with Gasteiger partial charge in [-0.2, -0.15) is 23.3 Å². The Morgan fingerprint density at radius 1 is 1.31 bits per heavy atom. The number of aryl methyl sites for hydroxylation is 2. The van der Waals surface area contributed by atoms with Crippen LogP contribution in [0, 0.1) is 0 Å². The van der Waals surface area contributed by atoms with Crippen LogP contribution in [0.2, 0.25) is 0 Å². The third-order valence-electron chi connectivity index (χ3n) is 4.58. The minimum absolute atomic E-state index is 0.0783. The fourth-order valence-electron chi connectivity index (χ4n) is 3.19. The largest absolute Gasteiger partial charge is 0.466 e. The molecule has 9 nitrogen and oxygen atoms in total. The van der Waals surface area contributed by atoms with Crippen LogP contribution in [0.5, 0.6) is 6.01 Å². The summed E-state index contributed by atoms with van der Waals surface area (Å²) in [5, 5.41) is 11.2. The van der Waals surface area contributed by atoms with E-state index < -0.39 is 17.8 Å². The van der Waals surface area contributed by atoms with Crippen molar-refractivity contribution in [3.05, 3.63) is 41.6 Å². The van der Waals surface area contributed by atoms with Gasteiger partial charge < -0.3 is 10.1 Å². The number of nitrogens with zero attached hydrogens (tertiary/aromatic N) is 6. The van der Waals surface area contributed by atoms with Gasteiger partial charge >= 0.3 is 12.2 Å². The zero-order valence-electron chi connectivity index (χ0n) is 15.4. The van der Waals surface area contributed by atoms with E-state index >= 15 is 0 Å². The maximum atomic E-state index is 12.9. The number of alkyl halides is 3. The molecular formula is C17H16F3N7O2. The number of fused-ring (bicyclic) bond motifs is 1. The monoisotopic (exact) mass is 407 g/mol. The van der Waals surface area contributed by atoms with Gasteiger partial charge in [0, 0.05) is 25.4 Å². The van der Waals surface area contributed by atoms with Crippen molar-refractivity contribution < 1.29 is 22.7 Å². The van der Waals surface area contributed by atoms with Crippen molar-refractivity contribution in [2.75, 3.05) is 7.11 Å². The van der Waals surface area contributed by atoms with Crippen LogP contribution in [0.25, 0.3) is 11.3 Å². The predicted molar refractivity (Wildman–Crippen MR) is 92.8 cm³/mol. The van der Waals surface area contributed by atoms with Crippen LogP contribution < -0.4 is 10.1 Å². The fraction of sp³-hybridized carbons (Fsp3) is 0.353. The van der Waals surface area contributed by atoms with E-state index in [0.717, 1.165) is 12.3 Å². The molecule has 1 amide bonds. The Morgan fingerprint density at radius 3 is 2.79 bits per heavy atom. The molecule has 1 aliphatic rings. The smallest absolute Gasteiger partial charge is 0.433 e. The topological polar surface area (TPSA) is 99.7 Å². The van der Waals surface area contributed by atoms with Crippen molar-refractivity contribution in [1.82, 2.24) is 34.8 Å². The zero-order chi connectivity index (χ0) is 20.8. The molecule has 1 N–H and O–H groups in total. The summed E-state index contributed by atoms with van der Waals surface area (Å²) in [7, 11) is 2.97.